The topological polar surface area (TPSA) is 26.0 Å². The normalized spacial score (nSPS) is 10.9. The molecule has 0 amide bonds. The first kappa shape index (κ1) is 11.5. The Morgan fingerprint density at radius 1 is 0.882 bits per heavy atom. The minimum Gasteiger partial charge on any atom is -0.398 e. The molecule has 0 bridgehead atoms. The Morgan fingerprint density at radius 2 is 1.59 bits per heavy atom. The minimum atomic E-state index is 0.872. The highest BCUT2D eigenvalue weighted by Gasteiger charge is 2.01. The van der Waals surface area contributed by atoms with Crippen LogP contribution < -0.4 is 5.73 Å². The van der Waals surface area contributed by atoms with Crippen molar-refractivity contribution < 1.29 is 0 Å². The lowest BCUT2D eigenvalue weighted by Gasteiger charge is -2.07. The van der Waals surface area contributed by atoms with Crippen LogP contribution in [0.2, 0.25) is 0 Å². The molecule has 0 saturated carbocycles. The van der Waals surface area contributed by atoms with Crippen LogP contribution in [0.5, 0.6) is 0 Å². The van der Waals surface area contributed by atoms with E-state index in [0.29, 0.717) is 0 Å². The molecule has 0 unspecified atom stereocenters. The van der Waals surface area contributed by atoms with E-state index < -0.39 is 0 Å². The molecule has 0 saturated heterocycles. The second-order valence-electron chi connectivity index (χ2n) is 4.25. The summed E-state index contributed by atoms with van der Waals surface area (Å²) in [6, 6.07) is 14.4. The van der Waals surface area contributed by atoms with E-state index in [1.807, 2.05) is 18.2 Å². The van der Waals surface area contributed by atoms with E-state index in [1.165, 1.54) is 16.7 Å². The van der Waals surface area contributed by atoms with Crippen LogP contribution in [-0.2, 0) is 0 Å². The van der Waals surface area contributed by atoms with Gasteiger partial charge < -0.3 is 5.73 Å². The number of anilines is 1. The fraction of sp³-hybridized carbons (Fsp3) is 0.125. The summed E-state index contributed by atoms with van der Waals surface area (Å²) >= 11 is 0. The van der Waals surface area contributed by atoms with Crippen molar-refractivity contribution in [2.24, 2.45) is 0 Å². The molecule has 17 heavy (non-hydrogen) atoms. The third-order valence-corrected chi connectivity index (χ3v) is 3.07. The van der Waals surface area contributed by atoms with E-state index in [4.69, 9.17) is 5.73 Å². The highest BCUT2D eigenvalue weighted by molar-refractivity contribution is 5.77. The third-order valence-electron chi connectivity index (χ3n) is 3.07. The molecule has 1 heteroatoms. The molecule has 0 aliphatic heterocycles. The highest BCUT2D eigenvalue weighted by atomic mass is 14.6. The lowest BCUT2D eigenvalue weighted by atomic mass is 10.0. The van der Waals surface area contributed by atoms with Crippen molar-refractivity contribution in [2.45, 2.75) is 13.8 Å². The lowest BCUT2D eigenvalue weighted by Crippen LogP contribution is -1.95. The van der Waals surface area contributed by atoms with Crippen LogP contribution in [0.3, 0.4) is 0 Å². The van der Waals surface area contributed by atoms with Crippen molar-refractivity contribution in [2.75, 3.05) is 5.73 Å². The van der Waals surface area contributed by atoms with Crippen LogP contribution in [0.1, 0.15) is 22.3 Å². The largest absolute Gasteiger partial charge is 0.398 e. The molecule has 86 valence electrons. The summed E-state index contributed by atoms with van der Waals surface area (Å²) in [6.07, 6.45) is 4.15. The van der Waals surface area contributed by atoms with Crippen molar-refractivity contribution in [1.82, 2.24) is 0 Å². The van der Waals surface area contributed by atoms with Crippen molar-refractivity contribution >= 4 is 17.8 Å². The van der Waals surface area contributed by atoms with Crippen molar-refractivity contribution in [3.63, 3.8) is 0 Å². The summed E-state index contributed by atoms with van der Waals surface area (Å²) in [5.41, 5.74) is 11.6. The van der Waals surface area contributed by atoms with Crippen LogP contribution in [0, 0.1) is 13.8 Å². The van der Waals surface area contributed by atoms with Gasteiger partial charge in [0.25, 0.3) is 0 Å². The molecule has 2 aromatic rings. The maximum atomic E-state index is 6.10. The Bertz CT molecular complexity index is 539. The summed E-state index contributed by atoms with van der Waals surface area (Å²) in [7, 11) is 0. The van der Waals surface area contributed by atoms with E-state index >= 15 is 0 Å². The predicted octanol–water partition coefficient (Wildman–Crippen LogP) is 4.06. The number of aryl methyl sites for hydroxylation is 1. The van der Waals surface area contributed by atoms with Crippen LogP contribution in [0.25, 0.3) is 12.2 Å². The van der Waals surface area contributed by atoms with E-state index in [0.717, 1.165) is 11.3 Å². The first-order valence-electron chi connectivity index (χ1n) is 5.77. The number of nitrogens with two attached hydrogens (primary N) is 1. The van der Waals surface area contributed by atoms with Gasteiger partial charge in [0.15, 0.2) is 0 Å². The average Bonchev–Trinajstić information content (AvgIpc) is 2.36. The van der Waals surface area contributed by atoms with Gasteiger partial charge in [0, 0.05) is 5.69 Å². The van der Waals surface area contributed by atoms with Gasteiger partial charge in [-0.25, -0.2) is 0 Å². The summed E-state index contributed by atoms with van der Waals surface area (Å²) in [5.74, 6) is 0. The number of hydrogen-bond donors (Lipinski definition) is 1. The Kier molecular flexibility index (Phi) is 3.29. The van der Waals surface area contributed by atoms with E-state index in [1.54, 1.807) is 0 Å². The number of rotatable bonds is 2. The van der Waals surface area contributed by atoms with E-state index in [-0.39, 0.29) is 0 Å². The number of nitrogen functional groups attached to an aromatic ring is 1. The summed E-state index contributed by atoms with van der Waals surface area (Å²) in [6.45, 7) is 4.14. The highest BCUT2D eigenvalue weighted by Crippen LogP contribution is 2.22. The average molecular weight is 223 g/mol. The Labute approximate surface area is 103 Å². The van der Waals surface area contributed by atoms with Gasteiger partial charge in [-0.1, -0.05) is 54.6 Å². The van der Waals surface area contributed by atoms with Gasteiger partial charge in [0.1, 0.15) is 0 Å². The molecule has 0 atom stereocenters. The maximum absolute atomic E-state index is 6.10. The van der Waals surface area contributed by atoms with Crippen LogP contribution >= 0.6 is 0 Å². The molecule has 0 aromatic heterocycles. The Balaban J connectivity index is 2.31. The molecule has 2 aromatic carbocycles. The summed E-state index contributed by atoms with van der Waals surface area (Å²) in [4.78, 5) is 0. The fourth-order valence-electron chi connectivity index (χ4n) is 1.75. The zero-order valence-corrected chi connectivity index (χ0v) is 10.3. The number of hydrogen-bond acceptors (Lipinski definition) is 1. The molecule has 0 spiro atoms. The number of benzene rings is 2. The van der Waals surface area contributed by atoms with Crippen molar-refractivity contribution in [3.8, 4) is 0 Å². The van der Waals surface area contributed by atoms with Crippen molar-refractivity contribution in [3.05, 3.63) is 64.7 Å². The molecular weight excluding hydrogens is 206 g/mol. The standard InChI is InChI=1S/C16H17N/c1-12-8-10-15(16(17)13(12)2)11-9-14-6-4-3-5-7-14/h3-11H,17H2,1-2H3. The first-order valence-corrected chi connectivity index (χ1v) is 5.77. The second kappa shape index (κ2) is 4.88. The molecule has 1 nitrogen and oxygen atoms in total. The van der Waals surface area contributed by atoms with Gasteiger partial charge in [-0.3, -0.25) is 0 Å². The van der Waals surface area contributed by atoms with E-state index in [9.17, 15) is 0 Å². The minimum absolute atomic E-state index is 0.872. The Hall–Kier alpha value is -2.02. The quantitative estimate of drug-likeness (QED) is 0.603. The Morgan fingerprint density at radius 3 is 2.29 bits per heavy atom. The van der Waals surface area contributed by atoms with Crippen LogP contribution in [-0.4, -0.2) is 0 Å². The SMILES string of the molecule is Cc1ccc(C=Cc2ccccc2)c(N)c1C. The smallest absolute Gasteiger partial charge is 0.0420 e. The van der Waals surface area contributed by atoms with E-state index in [2.05, 4.69) is 50.3 Å². The van der Waals surface area contributed by atoms with Crippen LogP contribution in [0.4, 0.5) is 5.69 Å². The molecule has 2 rings (SSSR count). The monoisotopic (exact) mass is 223 g/mol. The van der Waals surface area contributed by atoms with Crippen molar-refractivity contribution in [1.29, 1.82) is 0 Å². The summed E-state index contributed by atoms with van der Waals surface area (Å²) in [5, 5.41) is 0. The lowest BCUT2D eigenvalue weighted by molar-refractivity contribution is 1.34. The summed E-state index contributed by atoms with van der Waals surface area (Å²) < 4.78 is 0. The zero-order chi connectivity index (χ0) is 12.3. The maximum Gasteiger partial charge on any atom is 0.0420 e. The van der Waals surface area contributed by atoms with Gasteiger partial charge >= 0.3 is 0 Å². The molecule has 0 aliphatic carbocycles. The predicted molar refractivity (Wildman–Crippen MR) is 75.7 cm³/mol. The zero-order valence-electron chi connectivity index (χ0n) is 10.3. The molecule has 0 fully saturated rings. The molecule has 2 N–H and O–H groups in total. The first-order chi connectivity index (χ1) is 8.18. The molecular formula is C16H17N. The molecule has 0 radical (unpaired) electrons. The molecule has 0 aliphatic rings. The molecule has 0 heterocycles. The van der Waals surface area contributed by atoms with Gasteiger partial charge in [-0.2, -0.15) is 0 Å². The third kappa shape index (κ3) is 2.56. The van der Waals surface area contributed by atoms with Gasteiger partial charge in [-0.15, -0.1) is 0 Å². The fourth-order valence-corrected chi connectivity index (χ4v) is 1.75. The van der Waals surface area contributed by atoms with Gasteiger partial charge in [-0.05, 0) is 36.1 Å². The van der Waals surface area contributed by atoms with Gasteiger partial charge in [0.2, 0.25) is 0 Å². The van der Waals surface area contributed by atoms with Crippen LogP contribution in [0.15, 0.2) is 42.5 Å². The second-order valence-corrected chi connectivity index (χ2v) is 4.25. The van der Waals surface area contributed by atoms with Gasteiger partial charge in [0.05, 0.1) is 0 Å².